The number of hydrogen-bond acceptors (Lipinski definition) is 2. The highest BCUT2D eigenvalue weighted by Gasteiger charge is 2.05. The minimum atomic E-state index is -0.0510. The van der Waals surface area contributed by atoms with Crippen molar-refractivity contribution in [1.82, 2.24) is 15.1 Å². The number of nitrogens with one attached hydrogen (secondary N) is 1. The van der Waals surface area contributed by atoms with Crippen molar-refractivity contribution in [2.24, 2.45) is 7.05 Å². The first-order valence-corrected chi connectivity index (χ1v) is 6.01. The van der Waals surface area contributed by atoms with Crippen molar-refractivity contribution in [3.63, 3.8) is 0 Å². The van der Waals surface area contributed by atoms with Gasteiger partial charge in [-0.15, -0.1) is 0 Å². The maximum absolute atomic E-state index is 11.3. The number of rotatable bonds is 3. The van der Waals surface area contributed by atoms with Gasteiger partial charge in [0.1, 0.15) is 0 Å². The molecule has 16 heavy (non-hydrogen) atoms. The van der Waals surface area contributed by atoms with Gasteiger partial charge in [0.2, 0.25) is 0 Å². The van der Waals surface area contributed by atoms with E-state index in [2.05, 4.69) is 10.4 Å². The van der Waals surface area contributed by atoms with Crippen LogP contribution in [0.2, 0.25) is 0 Å². The van der Waals surface area contributed by atoms with Gasteiger partial charge in [0.25, 0.3) is 5.91 Å². The molecule has 1 aromatic rings. The van der Waals surface area contributed by atoms with Crippen LogP contribution in [0.3, 0.4) is 0 Å². The van der Waals surface area contributed by atoms with Gasteiger partial charge in [-0.25, -0.2) is 0 Å². The zero-order chi connectivity index (χ0) is 13.0. The smallest absolute Gasteiger partial charge is 0.254 e. The van der Waals surface area contributed by atoms with E-state index in [0.717, 1.165) is 6.42 Å². The van der Waals surface area contributed by atoms with Crippen molar-refractivity contribution < 1.29 is 4.79 Å². The van der Waals surface area contributed by atoms with Crippen LogP contribution in [0.4, 0.5) is 0 Å². The molecule has 1 N–H and O–H groups in total. The van der Waals surface area contributed by atoms with Crippen LogP contribution in [0.25, 0.3) is 0 Å². The van der Waals surface area contributed by atoms with Gasteiger partial charge in [-0.05, 0) is 6.42 Å². The summed E-state index contributed by atoms with van der Waals surface area (Å²) in [6.07, 6.45) is 4.21. The second-order valence-corrected chi connectivity index (χ2v) is 2.66. The zero-order valence-corrected chi connectivity index (χ0v) is 11.4. The van der Waals surface area contributed by atoms with Crippen molar-refractivity contribution in [3.8, 4) is 0 Å². The molecular formula is C12H25N3O. The van der Waals surface area contributed by atoms with E-state index in [0.29, 0.717) is 12.1 Å². The van der Waals surface area contributed by atoms with E-state index in [-0.39, 0.29) is 5.91 Å². The Hall–Kier alpha value is -1.32. The largest absolute Gasteiger partial charge is 0.352 e. The quantitative estimate of drug-likeness (QED) is 0.862. The molecule has 1 amide bonds. The minimum Gasteiger partial charge on any atom is -0.352 e. The lowest BCUT2D eigenvalue weighted by Gasteiger charge is -1.98. The Bertz CT molecular complexity index is 269. The molecule has 0 aliphatic rings. The van der Waals surface area contributed by atoms with Gasteiger partial charge in [0.15, 0.2) is 0 Å². The van der Waals surface area contributed by atoms with Crippen LogP contribution in [0.1, 0.15) is 51.4 Å². The first kappa shape index (κ1) is 17.1. The predicted molar refractivity (Wildman–Crippen MR) is 68.5 cm³/mol. The molecule has 0 saturated carbocycles. The fourth-order valence-electron chi connectivity index (χ4n) is 0.879. The van der Waals surface area contributed by atoms with Crippen LogP contribution in [-0.2, 0) is 7.05 Å². The maximum Gasteiger partial charge on any atom is 0.254 e. The number of aromatic nitrogens is 2. The highest BCUT2D eigenvalue weighted by Crippen LogP contribution is 1.94. The molecular weight excluding hydrogens is 202 g/mol. The van der Waals surface area contributed by atoms with Crippen LogP contribution >= 0.6 is 0 Å². The Balaban J connectivity index is 0. The molecule has 1 aromatic heterocycles. The Kier molecular flexibility index (Phi) is 12.6. The standard InChI is InChI=1S/C8H13N3O.2C2H6/c1-3-4-9-8(12)7-5-10-11(2)6-7;2*1-2/h5-6H,3-4H2,1-2H3,(H,9,12);2*1-2H3. The van der Waals surface area contributed by atoms with Crippen LogP contribution in [0.5, 0.6) is 0 Å². The van der Waals surface area contributed by atoms with Crippen LogP contribution < -0.4 is 5.32 Å². The molecule has 1 heterocycles. The molecule has 0 aromatic carbocycles. The Morgan fingerprint density at radius 2 is 1.94 bits per heavy atom. The van der Waals surface area contributed by atoms with Gasteiger partial charge in [-0.3, -0.25) is 9.48 Å². The Morgan fingerprint density at radius 3 is 2.31 bits per heavy atom. The first-order chi connectivity index (χ1) is 7.74. The summed E-state index contributed by atoms with van der Waals surface area (Å²) in [6.45, 7) is 10.7. The fraction of sp³-hybridized carbons (Fsp3) is 0.667. The summed E-state index contributed by atoms with van der Waals surface area (Å²) in [5, 5.41) is 6.67. The first-order valence-electron chi connectivity index (χ1n) is 6.01. The van der Waals surface area contributed by atoms with Crippen LogP contribution in [0, 0.1) is 0 Å². The van der Waals surface area contributed by atoms with E-state index in [4.69, 9.17) is 0 Å². The third kappa shape index (κ3) is 7.04. The van der Waals surface area contributed by atoms with Gasteiger partial charge < -0.3 is 5.32 Å². The minimum absolute atomic E-state index is 0.0510. The number of amides is 1. The number of carbonyl (C=O) groups excluding carboxylic acids is 1. The molecule has 0 atom stereocenters. The molecule has 0 bridgehead atoms. The Labute approximate surface area is 99.0 Å². The lowest BCUT2D eigenvalue weighted by atomic mass is 10.3. The van der Waals surface area contributed by atoms with Crippen molar-refractivity contribution in [2.45, 2.75) is 41.0 Å². The molecule has 4 heteroatoms. The van der Waals surface area contributed by atoms with Gasteiger partial charge in [0, 0.05) is 19.8 Å². The summed E-state index contributed by atoms with van der Waals surface area (Å²) in [6, 6.07) is 0. The van der Waals surface area contributed by atoms with E-state index in [9.17, 15) is 4.79 Å². The molecule has 4 nitrogen and oxygen atoms in total. The molecule has 0 aliphatic carbocycles. The second kappa shape index (κ2) is 11.8. The zero-order valence-electron chi connectivity index (χ0n) is 11.4. The van der Waals surface area contributed by atoms with E-state index < -0.39 is 0 Å². The lowest BCUT2D eigenvalue weighted by Crippen LogP contribution is -2.23. The third-order valence-corrected chi connectivity index (χ3v) is 1.50. The normalized spacial score (nSPS) is 8.12. The molecule has 0 unspecified atom stereocenters. The van der Waals surface area contributed by atoms with Crippen LogP contribution in [0.15, 0.2) is 12.4 Å². The van der Waals surface area contributed by atoms with Crippen molar-refractivity contribution >= 4 is 5.91 Å². The highest BCUT2D eigenvalue weighted by molar-refractivity contribution is 5.93. The molecule has 0 fully saturated rings. The Morgan fingerprint density at radius 1 is 1.38 bits per heavy atom. The van der Waals surface area contributed by atoms with Gasteiger partial charge in [0.05, 0.1) is 11.8 Å². The maximum atomic E-state index is 11.3. The van der Waals surface area contributed by atoms with Crippen LogP contribution in [-0.4, -0.2) is 22.2 Å². The average molecular weight is 227 g/mol. The van der Waals surface area contributed by atoms with Crippen molar-refractivity contribution in [1.29, 1.82) is 0 Å². The van der Waals surface area contributed by atoms with Gasteiger partial charge >= 0.3 is 0 Å². The highest BCUT2D eigenvalue weighted by atomic mass is 16.1. The molecule has 94 valence electrons. The van der Waals surface area contributed by atoms with E-state index in [1.54, 1.807) is 24.1 Å². The second-order valence-electron chi connectivity index (χ2n) is 2.66. The molecule has 0 aliphatic heterocycles. The summed E-state index contributed by atoms with van der Waals surface area (Å²) in [4.78, 5) is 11.3. The average Bonchev–Trinajstić information content (AvgIpc) is 2.78. The van der Waals surface area contributed by atoms with Gasteiger partial charge in [-0.1, -0.05) is 34.6 Å². The summed E-state index contributed by atoms with van der Waals surface area (Å²) in [5.74, 6) is -0.0510. The SMILES string of the molecule is CC.CC.CCCNC(=O)c1cnn(C)c1. The molecule has 0 radical (unpaired) electrons. The van der Waals surface area contributed by atoms with Crippen molar-refractivity contribution in [2.75, 3.05) is 6.54 Å². The fourth-order valence-corrected chi connectivity index (χ4v) is 0.879. The number of nitrogens with zero attached hydrogens (tertiary/aromatic N) is 2. The predicted octanol–water partition coefficient (Wildman–Crippen LogP) is 2.61. The molecule has 0 saturated heterocycles. The summed E-state index contributed by atoms with van der Waals surface area (Å²) < 4.78 is 1.61. The van der Waals surface area contributed by atoms with E-state index in [1.165, 1.54) is 0 Å². The van der Waals surface area contributed by atoms with E-state index >= 15 is 0 Å². The molecule has 0 spiro atoms. The monoisotopic (exact) mass is 227 g/mol. The summed E-state index contributed by atoms with van der Waals surface area (Å²) >= 11 is 0. The lowest BCUT2D eigenvalue weighted by molar-refractivity contribution is 0.0953. The van der Waals surface area contributed by atoms with E-state index in [1.807, 2.05) is 34.6 Å². The number of hydrogen-bond donors (Lipinski definition) is 1. The number of aryl methyl sites for hydroxylation is 1. The number of carbonyl (C=O) groups is 1. The van der Waals surface area contributed by atoms with Crippen molar-refractivity contribution in [3.05, 3.63) is 18.0 Å². The molecule has 1 rings (SSSR count). The summed E-state index contributed by atoms with van der Waals surface area (Å²) in [7, 11) is 1.79. The third-order valence-electron chi connectivity index (χ3n) is 1.50. The summed E-state index contributed by atoms with van der Waals surface area (Å²) in [5.41, 5.74) is 0.617. The van der Waals surface area contributed by atoms with Gasteiger partial charge in [-0.2, -0.15) is 5.10 Å². The topological polar surface area (TPSA) is 46.9 Å².